The van der Waals surface area contributed by atoms with Gasteiger partial charge in [0.05, 0.1) is 0 Å². The number of unbranched alkanes of at least 4 members (excludes halogenated alkanes) is 5. The molecule has 1 amide bonds. The van der Waals surface area contributed by atoms with Crippen molar-refractivity contribution in [2.45, 2.75) is 76.2 Å². The van der Waals surface area contributed by atoms with Gasteiger partial charge in [-0.05, 0) is 6.42 Å². The highest BCUT2D eigenvalue weighted by atomic mass is 16.7. The Balaban J connectivity index is 2.44. The lowest BCUT2D eigenvalue weighted by atomic mass is 9.98. The Hall–Kier alpha value is -1.26. The number of carbonyl (C=O) groups is 2. The fraction of sp³-hybridized carbons (Fsp3) is 0.875. The van der Waals surface area contributed by atoms with E-state index in [2.05, 4.69) is 12.2 Å². The standard InChI is InChI=1S/C16H29NO8/c1-2-3-4-5-6-7-8-24-16-13(22)11(20)12(21)14(25-16)15(23)17-9-10(18)19/h11-14,16,20-22H,2-9H2,1H3,(H,17,23)(H,18,19)/t11-,12-,13+,14-,16+/m0/s1. The van der Waals surface area contributed by atoms with Gasteiger partial charge in [0.1, 0.15) is 24.9 Å². The normalized spacial score (nSPS) is 29.4. The smallest absolute Gasteiger partial charge is 0.322 e. The first-order chi connectivity index (χ1) is 11.9. The van der Waals surface area contributed by atoms with Crippen molar-refractivity contribution in [2.75, 3.05) is 13.2 Å². The van der Waals surface area contributed by atoms with E-state index in [1.807, 2.05) is 0 Å². The molecule has 5 N–H and O–H groups in total. The quantitative estimate of drug-likeness (QED) is 0.305. The number of ether oxygens (including phenoxy) is 2. The van der Waals surface area contributed by atoms with Crippen molar-refractivity contribution in [3.05, 3.63) is 0 Å². The third-order valence-electron chi connectivity index (χ3n) is 4.02. The summed E-state index contributed by atoms with van der Waals surface area (Å²) in [5.74, 6) is -2.15. The molecule has 5 atom stereocenters. The molecule has 1 aliphatic rings. The molecule has 0 aromatic heterocycles. The van der Waals surface area contributed by atoms with E-state index < -0.39 is 49.1 Å². The summed E-state index contributed by atoms with van der Waals surface area (Å²) in [5.41, 5.74) is 0. The van der Waals surface area contributed by atoms with Crippen molar-refractivity contribution in [3.63, 3.8) is 0 Å². The van der Waals surface area contributed by atoms with Crippen LogP contribution >= 0.6 is 0 Å². The second-order valence-corrected chi connectivity index (χ2v) is 6.15. The van der Waals surface area contributed by atoms with E-state index in [-0.39, 0.29) is 6.61 Å². The zero-order valence-corrected chi connectivity index (χ0v) is 14.5. The van der Waals surface area contributed by atoms with Gasteiger partial charge in [-0.15, -0.1) is 0 Å². The van der Waals surface area contributed by atoms with Gasteiger partial charge in [0.2, 0.25) is 0 Å². The van der Waals surface area contributed by atoms with E-state index in [4.69, 9.17) is 14.6 Å². The van der Waals surface area contributed by atoms with E-state index in [9.17, 15) is 24.9 Å². The second kappa shape index (κ2) is 11.4. The summed E-state index contributed by atoms with van der Waals surface area (Å²) in [5, 5.41) is 40.2. The van der Waals surface area contributed by atoms with Crippen molar-refractivity contribution < 1.29 is 39.5 Å². The monoisotopic (exact) mass is 363 g/mol. The Kier molecular flexibility index (Phi) is 9.91. The van der Waals surface area contributed by atoms with Crippen LogP contribution in [-0.2, 0) is 19.1 Å². The van der Waals surface area contributed by atoms with E-state index in [1.54, 1.807) is 0 Å². The molecule has 0 aliphatic carbocycles. The van der Waals surface area contributed by atoms with Crippen molar-refractivity contribution in [1.29, 1.82) is 0 Å². The Morgan fingerprint density at radius 1 is 1.00 bits per heavy atom. The highest BCUT2D eigenvalue weighted by Crippen LogP contribution is 2.22. The van der Waals surface area contributed by atoms with Crippen LogP contribution in [0.3, 0.4) is 0 Å². The lowest BCUT2D eigenvalue weighted by Crippen LogP contribution is -2.62. The van der Waals surface area contributed by atoms with Gasteiger partial charge in [0.25, 0.3) is 5.91 Å². The van der Waals surface area contributed by atoms with Crippen molar-refractivity contribution in [3.8, 4) is 0 Å². The highest BCUT2D eigenvalue weighted by Gasteiger charge is 2.47. The number of nitrogens with one attached hydrogen (secondary N) is 1. The third kappa shape index (κ3) is 7.25. The van der Waals surface area contributed by atoms with Crippen LogP contribution in [0, 0.1) is 0 Å². The summed E-state index contributed by atoms with van der Waals surface area (Å²) >= 11 is 0. The summed E-state index contributed by atoms with van der Waals surface area (Å²) in [4.78, 5) is 22.4. The maximum absolute atomic E-state index is 11.9. The summed E-state index contributed by atoms with van der Waals surface area (Å²) in [7, 11) is 0. The Labute approximate surface area is 146 Å². The number of carboxylic acid groups (broad SMARTS) is 1. The number of hydrogen-bond donors (Lipinski definition) is 5. The van der Waals surface area contributed by atoms with Gasteiger partial charge in [0, 0.05) is 6.61 Å². The number of hydrogen-bond acceptors (Lipinski definition) is 7. The van der Waals surface area contributed by atoms with Gasteiger partial charge in [-0.2, -0.15) is 0 Å². The van der Waals surface area contributed by atoms with E-state index in [0.717, 1.165) is 32.1 Å². The second-order valence-electron chi connectivity index (χ2n) is 6.15. The maximum Gasteiger partial charge on any atom is 0.322 e. The molecule has 1 saturated heterocycles. The summed E-state index contributed by atoms with van der Waals surface area (Å²) in [6.07, 6.45) is -1.35. The van der Waals surface area contributed by atoms with E-state index >= 15 is 0 Å². The number of aliphatic hydroxyl groups excluding tert-OH is 3. The van der Waals surface area contributed by atoms with Crippen LogP contribution in [0.4, 0.5) is 0 Å². The van der Waals surface area contributed by atoms with Gasteiger partial charge in [-0.3, -0.25) is 9.59 Å². The molecule has 0 saturated carbocycles. The molecule has 0 radical (unpaired) electrons. The lowest BCUT2D eigenvalue weighted by molar-refractivity contribution is -0.290. The summed E-state index contributed by atoms with van der Waals surface area (Å²) in [6, 6.07) is 0. The number of carbonyl (C=O) groups excluding carboxylic acids is 1. The molecular formula is C16H29NO8. The number of aliphatic carboxylic acids is 1. The molecule has 9 nitrogen and oxygen atoms in total. The predicted molar refractivity (Wildman–Crippen MR) is 86.7 cm³/mol. The Morgan fingerprint density at radius 3 is 2.28 bits per heavy atom. The molecule has 146 valence electrons. The van der Waals surface area contributed by atoms with Crippen LogP contribution in [0.1, 0.15) is 45.4 Å². The van der Waals surface area contributed by atoms with Crippen LogP contribution in [0.15, 0.2) is 0 Å². The van der Waals surface area contributed by atoms with Gasteiger partial charge in [-0.1, -0.05) is 39.0 Å². The zero-order chi connectivity index (χ0) is 18.8. The van der Waals surface area contributed by atoms with Crippen LogP contribution in [0.25, 0.3) is 0 Å². The fourth-order valence-electron chi connectivity index (χ4n) is 2.55. The average Bonchev–Trinajstić information content (AvgIpc) is 2.58. The summed E-state index contributed by atoms with van der Waals surface area (Å²) < 4.78 is 10.6. The van der Waals surface area contributed by atoms with E-state index in [0.29, 0.717) is 0 Å². The van der Waals surface area contributed by atoms with Gasteiger partial charge in [0.15, 0.2) is 12.4 Å². The molecule has 1 heterocycles. The van der Waals surface area contributed by atoms with Crippen molar-refractivity contribution in [2.24, 2.45) is 0 Å². The molecule has 0 aromatic rings. The van der Waals surface area contributed by atoms with Crippen molar-refractivity contribution >= 4 is 11.9 Å². The molecular weight excluding hydrogens is 334 g/mol. The Morgan fingerprint density at radius 2 is 1.64 bits per heavy atom. The topological polar surface area (TPSA) is 146 Å². The number of amides is 1. The van der Waals surface area contributed by atoms with Crippen LogP contribution in [0.5, 0.6) is 0 Å². The predicted octanol–water partition coefficient (Wildman–Crippen LogP) is -0.628. The molecule has 9 heteroatoms. The van der Waals surface area contributed by atoms with Gasteiger partial charge in [-0.25, -0.2) is 0 Å². The lowest BCUT2D eigenvalue weighted by Gasteiger charge is -2.39. The first-order valence-electron chi connectivity index (χ1n) is 8.69. The molecule has 1 aliphatic heterocycles. The minimum Gasteiger partial charge on any atom is -0.480 e. The first-order valence-corrected chi connectivity index (χ1v) is 8.69. The molecule has 1 rings (SSSR count). The maximum atomic E-state index is 11.9. The molecule has 0 bridgehead atoms. The fourth-order valence-corrected chi connectivity index (χ4v) is 2.55. The molecule has 1 fully saturated rings. The number of carboxylic acids is 1. The van der Waals surface area contributed by atoms with Crippen LogP contribution < -0.4 is 5.32 Å². The average molecular weight is 363 g/mol. The molecule has 0 aromatic carbocycles. The van der Waals surface area contributed by atoms with Crippen molar-refractivity contribution in [1.82, 2.24) is 5.32 Å². The largest absolute Gasteiger partial charge is 0.480 e. The first kappa shape index (κ1) is 21.8. The SMILES string of the molecule is CCCCCCCCO[C@@H]1O[C@H](C(=O)NCC(=O)O)[C@@H](O)[C@H](O)[C@H]1O. The number of rotatable bonds is 11. The minimum absolute atomic E-state index is 0.278. The molecule has 25 heavy (non-hydrogen) atoms. The highest BCUT2D eigenvalue weighted by molar-refractivity contribution is 5.85. The molecule has 0 unspecified atom stereocenters. The van der Waals surface area contributed by atoms with Gasteiger partial charge >= 0.3 is 5.97 Å². The van der Waals surface area contributed by atoms with E-state index in [1.165, 1.54) is 6.42 Å². The minimum atomic E-state index is -1.68. The summed E-state index contributed by atoms with van der Waals surface area (Å²) in [6.45, 7) is 1.77. The van der Waals surface area contributed by atoms with Crippen LogP contribution in [-0.4, -0.2) is 76.2 Å². The number of aliphatic hydroxyl groups is 3. The molecule has 0 spiro atoms. The van der Waals surface area contributed by atoms with Gasteiger partial charge < -0.3 is 35.2 Å². The van der Waals surface area contributed by atoms with Crippen LogP contribution in [0.2, 0.25) is 0 Å². The Bertz CT molecular complexity index is 419. The third-order valence-corrected chi connectivity index (χ3v) is 4.02. The zero-order valence-electron chi connectivity index (χ0n) is 14.5.